The lowest BCUT2D eigenvalue weighted by atomic mass is 10.2. The number of pyridine rings is 1. The fourth-order valence-corrected chi connectivity index (χ4v) is 0.758. The quantitative estimate of drug-likeness (QED) is 0.300. The molecule has 1 rings (SSSR count). The van der Waals surface area contributed by atoms with Gasteiger partial charge in [-0.25, -0.2) is 5.84 Å². The minimum absolute atomic E-state index is 0.362. The maximum absolute atomic E-state index is 10.9. The Morgan fingerprint density at radius 1 is 1.67 bits per heavy atom. The number of hydrogen-bond donors (Lipinski definition) is 3. The molecule has 0 atom stereocenters. The third kappa shape index (κ3) is 1.51. The van der Waals surface area contributed by atoms with E-state index < -0.39 is 5.91 Å². The highest BCUT2D eigenvalue weighted by atomic mass is 16.2. The molecule has 1 aromatic heterocycles. The highest BCUT2D eigenvalue weighted by Gasteiger charge is 2.04. The van der Waals surface area contributed by atoms with Crippen molar-refractivity contribution in [3.63, 3.8) is 0 Å². The molecule has 0 bridgehead atoms. The number of hydrazine groups is 1. The average molecular weight is 166 g/mol. The number of carbonyl (C=O) groups is 1. The summed E-state index contributed by atoms with van der Waals surface area (Å²) in [5.74, 6) is 4.53. The molecule has 0 radical (unpaired) electrons. The van der Waals surface area contributed by atoms with Gasteiger partial charge in [-0.3, -0.25) is 15.2 Å². The van der Waals surface area contributed by atoms with Gasteiger partial charge in [-0.1, -0.05) is 0 Å². The van der Waals surface area contributed by atoms with Gasteiger partial charge in [0.05, 0.1) is 16.9 Å². The van der Waals surface area contributed by atoms with E-state index in [1.54, 1.807) is 6.92 Å². The van der Waals surface area contributed by atoms with Crippen LogP contribution in [-0.4, -0.2) is 10.9 Å². The van der Waals surface area contributed by atoms with Gasteiger partial charge in [0.25, 0.3) is 5.91 Å². The van der Waals surface area contributed by atoms with Crippen molar-refractivity contribution in [3.8, 4) is 0 Å². The second-order valence-corrected chi connectivity index (χ2v) is 2.37. The molecule has 1 amide bonds. The molecule has 5 N–H and O–H groups in total. The van der Waals surface area contributed by atoms with Gasteiger partial charge in [-0.15, -0.1) is 0 Å². The number of rotatable bonds is 1. The number of anilines is 1. The van der Waals surface area contributed by atoms with Crippen molar-refractivity contribution in [2.24, 2.45) is 5.84 Å². The monoisotopic (exact) mass is 166 g/mol. The summed E-state index contributed by atoms with van der Waals surface area (Å²) in [6.45, 7) is 1.76. The molecule has 1 aromatic rings. The second-order valence-electron chi connectivity index (χ2n) is 2.37. The molecule has 1 heterocycles. The average Bonchev–Trinajstić information content (AvgIpc) is 2.08. The van der Waals surface area contributed by atoms with E-state index in [-0.39, 0.29) is 0 Å². The van der Waals surface area contributed by atoms with Gasteiger partial charge >= 0.3 is 0 Å². The van der Waals surface area contributed by atoms with Crippen LogP contribution < -0.4 is 17.0 Å². The Labute approximate surface area is 69.7 Å². The maximum Gasteiger partial charge on any atom is 0.266 e. The zero-order valence-corrected chi connectivity index (χ0v) is 6.66. The standard InChI is InChI=1S/C7H10N4O/c1-4-6(8)2-5(3-10-4)7(12)11-9/h2-3H,8-9H2,1H3,(H,11,12). The van der Waals surface area contributed by atoms with Crippen LogP contribution in [0.5, 0.6) is 0 Å². The van der Waals surface area contributed by atoms with Crippen LogP contribution in [0.3, 0.4) is 0 Å². The first kappa shape index (κ1) is 8.48. The summed E-state index contributed by atoms with van der Waals surface area (Å²) in [4.78, 5) is 14.9. The van der Waals surface area contributed by atoms with E-state index in [1.165, 1.54) is 12.3 Å². The lowest BCUT2D eigenvalue weighted by molar-refractivity contribution is 0.0953. The van der Waals surface area contributed by atoms with Gasteiger partial charge < -0.3 is 5.73 Å². The Morgan fingerprint density at radius 3 is 2.83 bits per heavy atom. The number of nitrogens with one attached hydrogen (secondary N) is 1. The highest BCUT2D eigenvalue weighted by molar-refractivity contribution is 5.94. The number of hydrogen-bond acceptors (Lipinski definition) is 4. The second kappa shape index (κ2) is 3.19. The SMILES string of the molecule is Cc1ncc(C(=O)NN)cc1N. The molecular formula is C7H10N4O. The van der Waals surface area contributed by atoms with Crippen molar-refractivity contribution < 1.29 is 4.79 Å². The van der Waals surface area contributed by atoms with Crippen LogP contribution in [0, 0.1) is 6.92 Å². The van der Waals surface area contributed by atoms with Crippen molar-refractivity contribution in [2.45, 2.75) is 6.92 Å². The Morgan fingerprint density at radius 2 is 2.33 bits per heavy atom. The summed E-state index contributed by atoms with van der Waals surface area (Å²) in [6, 6.07) is 1.53. The number of nitrogens with two attached hydrogens (primary N) is 2. The first-order chi connectivity index (χ1) is 5.65. The number of carbonyl (C=O) groups excluding carboxylic acids is 1. The van der Waals surface area contributed by atoms with Crippen LogP contribution in [-0.2, 0) is 0 Å². The molecule has 0 aliphatic rings. The van der Waals surface area contributed by atoms with E-state index in [2.05, 4.69) is 4.98 Å². The summed E-state index contributed by atoms with van der Waals surface area (Å²) in [6.07, 6.45) is 1.42. The van der Waals surface area contributed by atoms with Crippen molar-refractivity contribution in [1.29, 1.82) is 0 Å². The van der Waals surface area contributed by atoms with Crippen LogP contribution in [0.2, 0.25) is 0 Å². The van der Waals surface area contributed by atoms with E-state index in [4.69, 9.17) is 11.6 Å². The van der Waals surface area contributed by atoms with E-state index in [9.17, 15) is 4.79 Å². The van der Waals surface area contributed by atoms with Crippen molar-refractivity contribution in [1.82, 2.24) is 10.4 Å². The highest BCUT2D eigenvalue weighted by Crippen LogP contribution is 2.08. The third-order valence-electron chi connectivity index (χ3n) is 1.52. The molecule has 0 spiro atoms. The van der Waals surface area contributed by atoms with E-state index >= 15 is 0 Å². The lowest BCUT2D eigenvalue weighted by Crippen LogP contribution is -2.30. The molecule has 0 saturated carbocycles. The van der Waals surface area contributed by atoms with Crippen LogP contribution in [0.4, 0.5) is 5.69 Å². The summed E-state index contributed by atoms with van der Waals surface area (Å²) in [5.41, 5.74) is 9.07. The van der Waals surface area contributed by atoms with Crippen molar-refractivity contribution in [3.05, 3.63) is 23.5 Å². The first-order valence-corrected chi connectivity index (χ1v) is 3.38. The van der Waals surface area contributed by atoms with Crippen LogP contribution in [0.1, 0.15) is 16.1 Å². The summed E-state index contributed by atoms with van der Waals surface area (Å²) >= 11 is 0. The molecule has 0 unspecified atom stereocenters. The molecule has 0 aliphatic heterocycles. The molecule has 64 valence electrons. The Balaban J connectivity index is 3.05. The fourth-order valence-electron chi connectivity index (χ4n) is 0.758. The first-order valence-electron chi connectivity index (χ1n) is 3.38. The predicted molar refractivity (Wildman–Crippen MR) is 45.0 cm³/mol. The summed E-state index contributed by atoms with van der Waals surface area (Å²) in [5, 5.41) is 0. The van der Waals surface area contributed by atoms with Gasteiger partial charge in [0, 0.05) is 6.20 Å². The molecule has 5 heteroatoms. The van der Waals surface area contributed by atoms with Crippen LogP contribution in [0.25, 0.3) is 0 Å². The molecular weight excluding hydrogens is 156 g/mol. The summed E-state index contributed by atoms with van der Waals surface area (Å²) in [7, 11) is 0. The van der Waals surface area contributed by atoms with Gasteiger partial charge in [0.1, 0.15) is 0 Å². The topological polar surface area (TPSA) is 94.0 Å². The molecule has 0 fully saturated rings. The Hall–Kier alpha value is -1.62. The largest absolute Gasteiger partial charge is 0.397 e. The zero-order valence-electron chi connectivity index (χ0n) is 6.66. The smallest absolute Gasteiger partial charge is 0.266 e. The molecule has 12 heavy (non-hydrogen) atoms. The predicted octanol–water partition coefficient (Wildman–Crippen LogP) is -0.424. The molecule has 0 aromatic carbocycles. The molecule has 0 saturated heterocycles. The van der Waals surface area contributed by atoms with Crippen LogP contribution >= 0.6 is 0 Å². The maximum atomic E-state index is 10.9. The number of nitrogen functional groups attached to an aromatic ring is 2. The number of aromatic nitrogens is 1. The molecule has 5 nitrogen and oxygen atoms in total. The van der Waals surface area contributed by atoms with Gasteiger partial charge in [0.2, 0.25) is 0 Å². The number of nitrogens with zero attached hydrogens (tertiary/aromatic N) is 1. The minimum atomic E-state index is -0.394. The molecule has 0 aliphatic carbocycles. The van der Waals surface area contributed by atoms with Crippen molar-refractivity contribution in [2.75, 3.05) is 5.73 Å². The Kier molecular flexibility index (Phi) is 2.25. The summed E-state index contributed by atoms with van der Waals surface area (Å²) < 4.78 is 0. The third-order valence-corrected chi connectivity index (χ3v) is 1.52. The number of amides is 1. The van der Waals surface area contributed by atoms with Crippen molar-refractivity contribution >= 4 is 11.6 Å². The zero-order chi connectivity index (χ0) is 9.14. The van der Waals surface area contributed by atoms with Gasteiger partial charge in [-0.05, 0) is 13.0 Å². The van der Waals surface area contributed by atoms with E-state index in [1.807, 2.05) is 5.43 Å². The van der Waals surface area contributed by atoms with E-state index in [0.29, 0.717) is 16.9 Å². The minimum Gasteiger partial charge on any atom is -0.397 e. The fraction of sp³-hybridized carbons (Fsp3) is 0.143. The van der Waals surface area contributed by atoms with Crippen LogP contribution in [0.15, 0.2) is 12.3 Å². The van der Waals surface area contributed by atoms with Gasteiger partial charge in [0.15, 0.2) is 0 Å². The van der Waals surface area contributed by atoms with Gasteiger partial charge in [-0.2, -0.15) is 0 Å². The van der Waals surface area contributed by atoms with E-state index in [0.717, 1.165) is 0 Å². The Bertz CT molecular complexity index is 310. The normalized spacial score (nSPS) is 9.50. The lowest BCUT2D eigenvalue weighted by Gasteiger charge is -2.01. The number of aryl methyl sites for hydroxylation is 1.